The summed E-state index contributed by atoms with van der Waals surface area (Å²) >= 11 is 0. The van der Waals surface area contributed by atoms with Crippen LogP contribution in [0.5, 0.6) is 11.5 Å². The number of hydrogen-bond donors (Lipinski definition) is 2. The van der Waals surface area contributed by atoms with Crippen molar-refractivity contribution >= 4 is 11.8 Å². The quantitative estimate of drug-likeness (QED) is 0.727. The average molecular weight is 252 g/mol. The number of cyclic esters (lactones) is 1. The molecular weight excluding hydrogens is 240 g/mol. The van der Waals surface area contributed by atoms with Crippen LogP contribution in [0, 0.1) is 6.92 Å². The van der Waals surface area contributed by atoms with Crippen molar-refractivity contribution < 1.29 is 29.3 Å². The molecule has 1 atom stereocenters. The summed E-state index contributed by atoms with van der Waals surface area (Å²) in [6, 6.07) is 1.13. The minimum atomic E-state index is -1.74. The molecule has 0 fully saturated rings. The molecular formula is C12H12O6. The van der Waals surface area contributed by atoms with Gasteiger partial charge in [-0.15, -0.1) is 0 Å². The van der Waals surface area contributed by atoms with Crippen LogP contribution in [-0.4, -0.2) is 34.9 Å². The topological polar surface area (TPSA) is 93.1 Å². The maximum absolute atomic E-state index is 12.1. The summed E-state index contributed by atoms with van der Waals surface area (Å²) in [6.45, 7) is 2.72. The lowest BCUT2D eigenvalue weighted by atomic mass is 9.92. The lowest BCUT2D eigenvalue weighted by Crippen LogP contribution is -2.46. The normalized spacial score (nSPS) is 22.6. The summed E-state index contributed by atoms with van der Waals surface area (Å²) in [5, 5.41) is 19.4. The summed E-state index contributed by atoms with van der Waals surface area (Å²) in [7, 11) is 1.23. The summed E-state index contributed by atoms with van der Waals surface area (Å²) < 4.78 is 9.76. The number of carbonyl (C=O) groups is 2. The molecule has 0 saturated carbocycles. The van der Waals surface area contributed by atoms with E-state index in [4.69, 9.17) is 9.47 Å². The number of phenols is 2. The molecule has 0 radical (unpaired) electrons. The molecule has 0 amide bonds. The van der Waals surface area contributed by atoms with E-state index in [9.17, 15) is 19.8 Å². The lowest BCUT2D eigenvalue weighted by molar-refractivity contribution is -0.142. The molecule has 0 unspecified atom stereocenters. The SMILES string of the molecule is CO[C@@]1(C)OC(=O)c2c(cc(O)c(C)c2O)C1=O. The van der Waals surface area contributed by atoms with E-state index >= 15 is 0 Å². The first-order valence-electron chi connectivity index (χ1n) is 5.20. The zero-order valence-electron chi connectivity index (χ0n) is 10.1. The van der Waals surface area contributed by atoms with Crippen molar-refractivity contribution in [3.8, 4) is 11.5 Å². The molecule has 0 bridgehead atoms. The minimum Gasteiger partial charge on any atom is -0.508 e. The van der Waals surface area contributed by atoms with Gasteiger partial charge < -0.3 is 19.7 Å². The number of methoxy groups -OCH3 is 1. The van der Waals surface area contributed by atoms with E-state index in [0.717, 1.165) is 6.07 Å². The summed E-state index contributed by atoms with van der Waals surface area (Å²) in [5.74, 6) is -3.97. The Morgan fingerprint density at radius 3 is 2.50 bits per heavy atom. The van der Waals surface area contributed by atoms with E-state index in [-0.39, 0.29) is 22.4 Å². The highest BCUT2D eigenvalue weighted by atomic mass is 16.7. The Hall–Kier alpha value is -2.08. The van der Waals surface area contributed by atoms with Crippen molar-refractivity contribution in [3.05, 3.63) is 22.8 Å². The maximum Gasteiger partial charge on any atom is 0.345 e. The summed E-state index contributed by atoms with van der Waals surface area (Å²) in [4.78, 5) is 23.9. The van der Waals surface area contributed by atoms with Crippen LogP contribution in [-0.2, 0) is 9.47 Å². The van der Waals surface area contributed by atoms with Gasteiger partial charge in [0.05, 0.1) is 0 Å². The van der Waals surface area contributed by atoms with Crippen molar-refractivity contribution in [2.45, 2.75) is 19.6 Å². The largest absolute Gasteiger partial charge is 0.508 e. The number of hydrogen-bond acceptors (Lipinski definition) is 6. The van der Waals surface area contributed by atoms with Crippen LogP contribution in [0.1, 0.15) is 33.2 Å². The lowest BCUT2D eigenvalue weighted by Gasteiger charge is -2.31. The van der Waals surface area contributed by atoms with Gasteiger partial charge in [0.2, 0.25) is 5.78 Å². The highest BCUT2D eigenvalue weighted by molar-refractivity contribution is 6.15. The number of phenolic OH excluding ortho intramolecular Hbond substituents is 2. The van der Waals surface area contributed by atoms with Crippen molar-refractivity contribution in [2.75, 3.05) is 7.11 Å². The number of benzene rings is 1. The predicted octanol–water partition coefficient (Wildman–Crippen LogP) is 1.12. The van der Waals surface area contributed by atoms with Crippen molar-refractivity contribution in [1.29, 1.82) is 0 Å². The van der Waals surface area contributed by atoms with E-state index < -0.39 is 23.3 Å². The molecule has 1 aromatic carbocycles. The van der Waals surface area contributed by atoms with E-state index in [2.05, 4.69) is 0 Å². The third kappa shape index (κ3) is 1.46. The molecule has 6 heteroatoms. The van der Waals surface area contributed by atoms with Gasteiger partial charge in [-0.2, -0.15) is 0 Å². The Morgan fingerprint density at radius 2 is 1.94 bits per heavy atom. The van der Waals surface area contributed by atoms with Crippen molar-refractivity contribution in [2.24, 2.45) is 0 Å². The highest BCUT2D eigenvalue weighted by Crippen LogP contribution is 2.39. The van der Waals surface area contributed by atoms with Crippen molar-refractivity contribution in [3.63, 3.8) is 0 Å². The molecule has 96 valence electrons. The Morgan fingerprint density at radius 1 is 1.33 bits per heavy atom. The zero-order valence-corrected chi connectivity index (χ0v) is 10.1. The molecule has 1 aliphatic heterocycles. The average Bonchev–Trinajstić information content (AvgIpc) is 2.32. The number of rotatable bonds is 1. The Labute approximate surface area is 103 Å². The number of aromatic hydroxyl groups is 2. The number of fused-ring (bicyclic) bond motifs is 1. The maximum atomic E-state index is 12.1. The van der Waals surface area contributed by atoms with Gasteiger partial charge in [0, 0.05) is 25.2 Å². The molecule has 1 heterocycles. The van der Waals surface area contributed by atoms with Crippen LogP contribution >= 0.6 is 0 Å². The standard InChI is InChI=1S/C12H12O6/c1-5-7(13)4-6-8(9(5)14)11(16)18-12(2,17-3)10(6)15/h4,13-14H,1-3H3/t12-/m0/s1. The van der Waals surface area contributed by atoms with Gasteiger partial charge in [0.1, 0.15) is 17.1 Å². The van der Waals surface area contributed by atoms with E-state index in [0.29, 0.717) is 0 Å². The molecule has 1 aliphatic rings. The molecule has 2 rings (SSSR count). The molecule has 0 saturated heterocycles. The first kappa shape index (κ1) is 12.4. The molecule has 1 aromatic rings. The fourth-order valence-corrected chi connectivity index (χ4v) is 1.79. The second kappa shape index (κ2) is 3.71. The third-order valence-electron chi connectivity index (χ3n) is 3.06. The van der Waals surface area contributed by atoms with Crippen LogP contribution in [0.15, 0.2) is 6.07 Å². The Balaban J connectivity index is 2.75. The monoisotopic (exact) mass is 252 g/mol. The van der Waals surface area contributed by atoms with Gasteiger partial charge in [-0.05, 0) is 13.0 Å². The van der Waals surface area contributed by atoms with Gasteiger partial charge in [0.25, 0.3) is 5.79 Å². The van der Waals surface area contributed by atoms with Crippen LogP contribution < -0.4 is 0 Å². The van der Waals surface area contributed by atoms with Crippen LogP contribution in [0.4, 0.5) is 0 Å². The van der Waals surface area contributed by atoms with E-state index in [1.165, 1.54) is 21.0 Å². The van der Waals surface area contributed by atoms with Crippen LogP contribution in [0.2, 0.25) is 0 Å². The van der Waals surface area contributed by atoms with Crippen molar-refractivity contribution in [1.82, 2.24) is 0 Å². The minimum absolute atomic E-state index is 0.111. The number of esters is 1. The van der Waals surface area contributed by atoms with Gasteiger partial charge in [-0.3, -0.25) is 4.79 Å². The highest BCUT2D eigenvalue weighted by Gasteiger charge is 2.46. The van der Waals surface area contributed by atoms with Gasteiger partial charge in [-0.25, -0.2) is 4.79 Å². The van der Waals surface area contributed by atoms with Gasteiger partial charge in [-0.1, -0.05) is 0 Å². The second-order valence-electron chi connectivity index (χ2n) is 4.16. The van der Waals surface area contributed by atoms with Gasteiger partial charge in [0.15, 0.2) is 0 Å². The number of Topliss-reactive ketones (excluding diaryl/α,β-unsaturated/α-hetero) is 1. The smallest absolute Gasteiger partial charge is 0.345 e. The number of ketones is 1. The van der Waals surface area contributed by atoms with E-state index in [1.54, 1.807) is 0 Å². The zero-order chi connectivity index (χ0) is 13.7. The predicted molar refractivity (Wildman–Crippen MR) is 59.7 cm³/mol. The van der Waals surface area contributed by atoms with E-state index in [1.807, 2.05) is 0 Å². The molecule has 2 N–H and O–H groups in total. The number of carbonyl (C=O) groups excluding carboxylic acids is 2. The first-order chi connectivity index (χ1) is 8.31. The number of ether oxygens (including phenoxy) is 2. The molecule has 0 spiro atoms. The molecule has 0 aliphatic carbocycles. The van der Waals surface area contributed by atoms with Crippen LogP contribution in [0.3, 0.4) is 0 Å². The molecule has 6 nitrogen and oxygen atoms in total. The first-order valence-corrected chi connectivity index (χ1v) is 5.20. The Bertz CT molecular complexity index is 562. The fraction of sp³-hybridized carbons (Fsp3) is 0.333. The fourth-order valence-electron chi connectivity index (χ4n) is 1.79. The van der Waals surface area contributed by atoms with Crippen LogP contribution in [0.25, 0.3) is 0 Å². The summed E-state index contributed by atoms with van der Waals surface area (Å²) in [6.07, 6.45) is 0. The second-order valence-corrected chi connectivity index (χ2v) is 4.16. The van der Waals surface area contributed by atoms with Gasteiger partial charge >= 0.3 is 5.97 Å². The third-order valence-corrected chi connectivity index (χ3v) is 3.06. The summed E-state index contributed by atoms with van der Waals surface area (Å²) in [5.41, 5.74) is -0.249. The molecule has 0 aromatic heterocycles. The molecule has 18 heavy (non-hydrogen) atoms. The Kier molecular flexibility index (Phi) is 2.55.